The maximum atomic E-state index is 3.36. The van der Waals surface area contributed by atoms with Gasteiger partial charge in [0.2, 0.25) is 0 Å². The highest BCUT2D eigenvalue weighted by Crippen LogP contribution is 2.15. The van der Waals surface area contributed by atoms with Gasteiger partial charge in [-0.25, -0.2) is 0 Å². The van der Waals surface area contributed by atoms with Gasteiger partial charge in [0.05, 0.1) is 0 Å². The highest BCUT2D eigenvalue weighted by atomic mass is 14.0. The molecule has 0 spiro atoms. The van der Waals surface area contributed by atoms with Crippen molar-refractivity contribution in [2.75, 3.05) is 0 Å². The third kappa shape index (κ3) is 96.7. The minimum absolute atomic E-state index is 0. The molecule has 1 rings (SSSR count). The SMILES string of the molecule is C.C1CCCC1.C=CC.CC.CCCC.CCCC. The molecule has 0 unspecified atom stereocenters. The summed E-state index contributed by atoms with van der Waals surface area (Å²) in [5.74, 6) is 0. The fraction of sp³-hybridized carbons (Fsp3) is 0.895. The van der Waals surface area contributed by atoms with E-state index in [9.17, 15) is 0 Å². The van der Waals surface area contributed by atoms with Crippen molar-refractivity contribution in [3.8, 4) is 0 Å². The lowest BCUT2D eigenvalue weighted by molar-refractivity contribution is 0.886. The monoisotopic (exact) mass is 274 g/mol. The summed E-state index contributed by atoms with van der Waals surface area (Å²) in [6.45, 7) is 18.0. The second kappa shape index (κ2) is 52.4. The summed E-state index contributed by atoms with van der Waals surface area (Å²) in [5, 5.41) is 0. The molecule has 0 radical (unpaired) electrons. The molecule has 1 saturated carbocycles. The predicted molar refractivity (Wildman–Crippen MR) is 98.2 cm³/mol. The Morgan fingerprint density at radius 3 is 0.842 bits per heavy atom. The minimum atomic E-state index is 0. The molecular formula is C19H46. The van der Waals surface area contributed by atoms with Crippen LogP contribution >= 0.6 is 0 Å². The molecule has 0 heterocycles. The van der Waals surface area contributed by atoms with E-state index in [-0.39, 0.29) is 7.43 Å². The van der Waals surface area contributed by atoms with Gasteiger partial charge in [0.1, 0.15) is 0 Å². The Kier molecular flexibility index (Phi) is 86.2. The van der Waals surface area contributed by atoms with Crippen molar-refractivity contribution in [2.24, 2.45) is 0 Å². The van der Waals surface area contributed by atoms with Crippen LogP contribution < -0.4 is 0 Å². The minimum Gasteiger partial charge on any atom is -0.103 e. The fourth-order valence-corrected chi connectivity index (χ4v) is 0.884. The van der Waals surface area contributed by atoms with Crippen molar-refractivity contribution in [1.82, 2.24) is 0 Å². The molecule has 0 saturated heterocycles. The van der Waals surface area contributed by atoms with E-state index in [4.69, 9.17) is 0 Å². The second-order valence-corrected chi connectivity index (χ2v) is 4.18. The Morgan fingerprint density at radius 1 is 0.684 bits per heavy atom. The van der Waals surface area contributed by atoms with Crippen LogP contribution in [0.5, 0.6) is 0 Å². The maximum absolute atomic E-state index is 3.36. The molecule has 0 aromatic rings. The maximum Gasteiger partial charge on any atom is -0.0473 e. The van der Waals surface area contributed by atoms with Crippen LogP contribution in [0.1, 0.15) is 114 Å². The van der Waals surface area contributed by atoms with Gasteiger partial charge in [-0.3, -0.25) is 0 Å². The lowest BCUT2D eigenvalue weighted by Crippen LogP contribution is -1.47. The second-order valence-electron chi connectivity index (χ2n) is 4.18. The molecule has 0 aromatic carbocycles. The molecule has 0 aliphatic heterocycles. The summed E-state index contributed by atoms with van der Waals surface area (Å²) in [7, 11) is 0. The van der Waals surface area contributed by atoms with Crippen molar-refractivity contribution in [1.29, 1.82) is 0 Å². The Balaban J connectivity index is -0.0000000439. The molecule has 19 heavy (non-hydrogen) atoms. The smallest absolute Gasteiger partial charge is 0.0473 e. The third-order valence-electron chi connectivity index (χ3n) is 2.25. The molecule has 1 fully saturated rings. The van der Waals surface area contributed by atoms with E-state index >= 15 is 0 Å². The van der Waals surface area contributed by atoms with Crippen LogP contribution in [0.2, 0.25) is 0 Å². The van der Waals surface area contributed by atoms with Gasteiger partial charge in [0, 0.05) is 0 Å². The molecule has 0 aromatic heterocycles. The van der Waals surface area contributed by atoms with Gasteiger partial charge in [-0.05, 0) is 6.92 Å². The highest BCUT2D eigenvalue weighted by Gasteiger charge is 1.95. The van der Waals surface area contributed by atoms with Gasteiger partial charge in [0.25, 0.3) is 0 Å². The van der Waals surface area contributed by atoms with E-state index < -0.39 is 0 Å². The van der Waals surface area contributed by atoms with Crippen molar-refractivity contribution in [3.05, 3.63) is 12.7 Å². The normalized spacial score (nSPS) is 10.5. The quantitative estimate of drug-likeness (QED) is 0.443. The molecule has 0 nitrogen and oxygen atoms in total. The van der Waals surface area contributed by atoms with Crippen LogP contribution in [0.25, 0.3) is 0 Å². The van der Waals surface area contributed by atoms with E-state index in [1.54, 1.807) is 6.08 Å². The first-order chi connectivity index (χ1) is 8.74. The standard InChI is InChI=1S/C5H10.2C4H10.C3H6.C2H6.CH4/c1-2-4-5-3-1;2*1-3-4-2;1-3-2;1-2;/h1-5H2;2*3-4H2,1-2H3;3H,1H2,2H3;1-2H3;1H4. The number of hydrogen-bond donors (Lipinski definition) is 0. The average molecular weight is 275 g/mol. The fourth-order valence-electron chi connectivity index (χ4n) is 0.884. The lowest BCUT2D eigenvalue weighted by Gasteiger charge is -1.68. The number of allylic oxidation sites excluding steroid dienone is 1. The molecule has 0 N–H and O–H groups in total. The van der Waals surface area contributed by atoms with E-state index in [1.165, 1.54) is 57.8 Å². The zero-order chi connectivity index (χ0) is 15.1. The van der Waals surface area contributed by atoms with E-state index in [0.717, 1.165) is 0 Å². The number of hydrogen-bond acceptors (Lipinski definition) is 0. The molecular weight excluding hydrogens is 228 g/mol. The van der Waals surface area contributed by atoms with Gasteiger partial charge in [-0.15, -0.1) is 6.58 Å². The van der Waals surface area contributed by atoms with E-state index in [1.807, 2.05) is 20.8 Å². The van der Waals surface area contributed by atoms with Crippen molar-refractivity contribution in [2.45, 2.75) is 114 Å². The Labute approximate surface area is 127 Å². The number of unbranched alkanes of at least 4 members (excludes halogenated alkanes) is 2. The summed E-state index contributed by atoms with van der Waals surface area (Å²) in [6, 6.07) is 0. The Hall–Kier alpha value is -0.260. The average Bonchev–Trinajstić information content (AvgIpc) is 3.01. The number of rotatable bonds is 2. The topological polar surface area (TPSA) is 0 Å². The first kappa shape index (κ1) is 31.2. The van der Waals surface area contributed by atoms with Crippen LogP contribution in [0.3, 0.4) is 0 Å². The van der Waals surface area contributed by atoms with Gasteiger partial charge < -0.3 is 0 Å². The summed E-state index contributed by atoms with van der Waals surface area (Å²) in [4.78, 5) is 0. The van der Waals surface area contributed by atoms with E-state index in [2.05, 4.69) is 34.3 Å². The van der Waals surface area contributed by atoms with Gasteiger partial charge in [-0.1, -0.05) is 113 Å². The van der Waals surface area contributed by atoms with Crippen molar-refractivity contribution >= 4 is 0 Å². The van der Waals surface area contributed by atoms with E-state index in [0.29, 0.717) is 0 Å². The molecule has 0 bridgehead atoms. The molecule has 1 aliphatic carbocycles. The zero-order valence-electron chi connectivity index (χ0n) is 14.6. The predicted octanol–water partition coefficient (Wildman–Crippen LogP) is 8.42. The summed E-state index contributed by atoms with van der Waals surface area (Å²) in [6.07, 6.45) is 14.5. The molecule has 1 aliphatic rings. The largest absolute Gasteiger partial charge is 0.103 e. The molecule has 0 heteroatoms. The van der Waals surface area contributed by atoms with Gasteiger partial charge >= 0.3 is 0 Å². The van der Waals surface area contributed by atoms with Gasteiger partial charge in [-0.2, -0.15) is 0 Å². The summed E-state index contributed by atoms with van der Waals surface area (Å²) < 4.78 is 0. The van der Waals surface area contributed by atoms with Crippen LogP contribution in [0, 0.1) is 0 Å². The first-order valence-electron chi connectivity index (χ1n) is 8.31. The lowest BCUT2D eigenvalue weighted by atomic mass is 10.4. The molecule has 122 valence electrons. The van der Waals surface area contributed by atoms with Crippen molar-refractivity contribution < 1.29 is 0 Å². The third-order valence-corrected chi connectivity index (χ3v) is 2.25. The van der Waals surface area contributed by atoms with Crippen LogP contribution in [0.15, 0.2) is 12.7 Å². The molecule has 0 atom stereocenters. The highest BCUT2D eigenvalue weighted by molar-refractivity contribution is 4.51. The Bertz CT molecular complexity index is 64.4. The van der Waals surface area contributed by atoms with Crippen molar-refractivity contribution in [3.63, 3.8) is 0 Å². The van der Waals surface area contributed by atoms with Crippen LogP contribution in [-0.2, 0) is 0 Å². The molecule has 0 amide bonds. The van der Waals surface area contributed by atoms with Crippen LogP contribution in [-0.4, -0.2) is 0 Å². The van der Waals surface area contributed by atoms with Gasteiger partial charge in [0.15, 0.2) is 0 Å². The Morgan fingerprint density at radius 2 is 0.789 bits per heavy atom. The summed E-state index contributed by atoms with van der Waals surface area (Å²) in [5.41, 5.74) is 0. The summed E-state index contributed by atoms with van der Waals surface area (Å²) >= 11 is 0. The first-order valence-corrected chi connectivity index (χ1v) is 8.31. The zero-order valence-corrected chi connectivity index (χ0v) is 14.6. The van der Waals surface area contributed by atoms with Crippen LogP contribution in [0.4, 0.5) is 0 Å².